The van der Waals surface area contributed by atoms with Crippen LogP contribution in [0.5, 0.6) is 0 Å². The quantitative estimate of drug-likeness (QED) is 0.478. The lowest BCUT2D eigenvalue weighted by atomic mass is 10.1. The molecule has 0 heterocycles. The highest BCUT2D eigenvalue weighted by molar-refractivity contribution is 4.83. The zero-order chi connectivity index (χ0) is 8.20. The van der Waals surface area contributed by atoms with E-state index in [9.17, 15) is 0 Å². The third kappa shape index (κ3) is 4.53. The maximum atomic E-state index is 5.05. The van der Waals surface area contributed by atoms with Crippen molar-refractivity contribution in [3.63, 3.8) is 0 Å². The van der Waals surface area contributed by atoms with Crippen LogP contribution in [-0.4, -0.2) is 18.9 Å². The summed E-state index contributed by atoms with van der Waals surface area (Å²) in [7, 11) is 1.66. The zero-order valence-corrected chi connectivity index (χ0v) is 7.27. The van der Waals surface area contributed by atoms with Crippen LogP contribution >= 0.6 is 0 Å². The highest BCUT2D eigenvalue weighted by Crippen LogP contribution is 2.01. The summed E-state index contributed by atoms with van der Waals surface area (Å²) in [6.45, 7) is 9.89. The summed E-state index contributed by atoms with van der Waals surface area (Å²) < 4.78 is 5.05. The molecule has 0 aliphatic heterocycles. The maximum Gasteiger partial charge on any atom is 0.127 e. The maximum absolute atomic E-state index is 5.05. The fraction of sp³-hybridized carbons (Fsp3) is 0.750. The van der Waals surface area contributed by atoms with E-state index in [-0.39, 0.29) is 11.8 Å². The normalized spacial score (nSPS) is 14.8. The summed E-state index contributed by atoms with van der Waals surface area (Å²) in [5, 5.41) is 3.22. The molecule has 0 spiro atoms. The Morgan fingerprint density at radius 1 is 1.50 bits per heavy atom. The molecule has 0 saturated carbocycles. The van der Waals surface area contributed by atoms with Gasteiger partial charge in [-0.3, -0.25) is 5.32 Å². The molecule has 0 aromatic rings. The second kappa shape index (κ2) is 3.74. The fourth-order valence-corrected chi connectivity index (χ4v) is 0.641. The van der Waals surface area contributed by atoms with Crippen LogP contribution in [0.3, 0.4) is 0 Å². The number of ether oxygens (including phenoxy) is 1. The van der Waals surface area contributed by atoms with E-state index in [4.69, 9.17) is 4.74 Å². The van der Waals surface area contributed by atoms with Crippen molar-refractivity contribution in [3.8, 4) is 0 Å². The van der Waals surface area contributed by atoms with Crippen molar-refractivity contribution >= 4 is 0 Å². The van der Waals surface area contributed by atoms with Gasteiger partial charge in [-0.2, -0.15) is 0 Å². The van der Waals surface area contributed by atoms with Crippen LogP contribution in [-0.2, 0) is 4.74 Å². The second-order valence-corrected chi connectivity index (χ2v) is 3.29. The van der Waals surface area contributed by atoms with Gasteiger partial charge in [-0.05, 0) is 26.8 Å². The largest absolute Gasteiger partial charge is 0.363 e. The Balaban J connectivity index is 3.74. The second-order valence-electron chi connectivity index (χ2n) is 3.29. The van der Waals surface area contributed by atoms with Gasteiger partial charge in [0.15, 0.2) is 0 Å². The van der Waals surface area contributed by atoms with E-state index in [1.165, 1.54) is 0 Å². The molecule has 0 bridgehead atoms. The number of rotatable bonds is 3. The van der Waals surface area contributed by atoms with E-state index >= 15 is 0 Å². The van der Waals surface area contributed by atoms with Crippen molar-refractivity contribution in [2.75, 3.05) is 7.11 Å². The first kappa shape index (κ1) is 9.66. The number of nitrogens with one attached hydrogen (secondary N) is 1. The lowest BCUT2D eigenvalue weighted by molar-refractivity contribution is 0.0891. The molecule has 0 aliphatic rings. The minimum Gasteiger partial charge on any atom is -0.363 e. The molecule has 0 rings (SSSR count). The van der Waals surface area contributed by atoms with Gasteiger partial charge in [-0.25, -0.2) is 0 Å². The Morgan fingerprint density at radius 3 is 2.10 bits per heavy atom. The lowest BCUT2D eigenvalue weighted by Gasteiger charge is -2.25. The van der Waals surface area contributed by atoms with Crippen LogP contribution in [0.15, 0.2) is 12.7 Å². The smallest absolute Gasteiger partial charge is 0.127 e. The van der Waals surface area contributed by atoms with E-state index in [1.807, 2.05) is 0 Å². The molecule has 0 amide bonds. The van der Waals surface area contributed by atoms with Crippen molar-refractivity contribution in [3.05, 3.63) is 12.7 Å². The first-order valence-corrected chi connectivity index (χ1v) is 3.42. The van der Waals surface area contributed by atoms with Crippen LogP contribution in [0, 0.1) is 0 Å². The monoisotopic (exact) mass is 143 g/mol. The van der Waals surface area contributed by atoms with E-state index in [0.717, 1.165) is 0 Å². The first-order chi connectivity index (χ1) is 4.49. The van der Waals surface area contributed by atoms with Gasteiger partial charge in [0, 0.05) is 12.6 Å². The highest BCUT2D eigenvalue weighted by Gasteiger charge is 2.12. The van der Waals surface area contributed by atoms with Crippen molar-refractivity contribution in [2.24, 2.45) is 0 Å². The average molecular weight is 143 g/mol. The van der Waals surface area contributed by atoms with E-state index in [2.05, 4.69) is 32.7 Å². The fourth-order valence-electron chi connectivity index (χ4n) is 0.641. The van der Waals surface area contributed by atoms with Gasteiger partial charge in [0.1, 0.15) is 6.23 Å². The molecule has 1 N–H and O–H groups in total. The Bertz CT molecular complexity index is 104. The molecular formula is C8H17NO. The third-order valence-corrected chi connectivity index (χ3v) is 1.04. The molecule has 1 atom stereocenters. The first-order valence-electron chi connectivity index (χ1n) is 3.42. The number of hydrogen-bond acceptors (Lipinski definition) is 2. The molecule has 2 nitrogen and oxygen atoms in total. The van der Waals surface area contributed by atoms with Crippen LogP contribution in [0.4, 0.5) is 0 Å². The van der Waals surface area contributed by atoms with E-state index in [1.54, 1.807) is 13.2 Å². The minimum atomic E-state index is -0.0417. The molecule has 0 radical (unpaired) electrons. The lowest BCUT2D eigenvalue weighted by Crippen LogP contribution is -2.43. The number of methoxy groups -OCH3 is 1. The van der Waals surface area contributed by atoms with E-state index < -0.39 is 0 Å². The average Bonchev–Trinajstić information content (AvgIpc) is 1.81. The Hall–Kier alpha value is -0.340. The van der Waals surface area contributed by atoms with Crippen LogP contribution < -0.4 is 5.32 Å². The van der Waals surface area contributed by atoms with Crippen molar-refractivity contribution in [1.29, 1.82) is 0 Å². The Morgan fingerprint density at radius 2 is 2.00 bits per heavy atom. The summed E-state index contributed by atoms with van der Waals surface area (Å²) in [6, 6.07) is 0. The number of hydrogen-bond donors (Lipinski definition) is 1. The minimum absolute atomic E-state index is 0.0417. The molecule has 10 heavy (non-hydrogen) atoms. The van der Waals surface area contributed by atoms with Crippen LogP contribution in [0.2, 0.25) is 0 Å². The standard InChI is InChI=1S/C8H17NO/c1-6-7(10-5)9-8(2,3)4/h6-7,9H,1H2,2-5H3. The van der Waals surface area contributed by atoms with Gasteiger partial charge in [-0.15, -0.1) is 0 Å². The SMILES string of the molecule is C=CC(NC(C)(C)C)OC. The van der Waals surface area contributed by atoms with Gasteiger partial charge < -0.3 is 4.74 Å². The van der Waals surface area contributed by atoms with Gasteiger partial charge in [0.2, 0.25) is 0 Å². The van der Waals surface area contributed by atoms with Crippen LogP contribution in [0.25, 0.3) is 0 Å². The Labute approximate surface area is 63.3 Å². The molecule has 2 heteroatoms. The zero-order valence-electron chi connectivity index (χ0n) is 7.27. The molecule has 0 aromatic heterocycles. The van der Waals surface area contributed by atoms with E-state index in [0.29, 0.717) is 0 Å². The molecule has 60 valence electrons. The topological polar surface area (TPSA) is 21.3 Å². The van der Waals surface area contributed by atoms with Crippen LogP contribution in [0.1, 0.15) is 20.8 Å². The summed E-state index contributed by atoms with van der Waals surface area (Å²) in [6.07, 6.45) is 1.70. The molecule has 0 saturated heterocycles. The molecule has 0 aromatic carbocycles. The highest BCUT2D eigenvalue weighted by atomic mass is 16.5. The van der Waals surface area contributed by atoms with Gasteiger partial charge in [-0.1, -0.05) is 6.58 Å². The van der Waals surface area contributed by atoms with Gasteiger partial charge in [0.25, 0.3) is 0 Å². The van der Waals surface area contributed by atoms with Crippen molar-refractivity contribution in [1.82, 2.24) is 5.32 Å². The van der Waals surface area contributed by atoms with Crippen molar-refractivity contribution < 1.29 is 4.74 Å². The molecule has 0 aliphatic carbocycles. The molecule has 1 unspecified atom stereocenters. The molecular weight excluding hydrogens is 126 g/mol. The van der Waals surface area contributed by atoms with Gasteiger partial charge in [0.05, 0.1) is 0 Å². The summed E-state index contributed by atoms with van der Waals surface area (Å²) in [5.74, 6) is 0. The summed E-state index contributed by atoms with van der Waals surface area (Å²) >= 11 is 0. The predicted molar refractivity (Wildman–Crippen MR) is 43.9 cm³/mol. The summed E-state index contributed by atoms with van der Waals surface area (Å²) in [5.41, 5.74) is 0.0782. The Kier molecular flexibility index (Phi) is 3.61. The van der Waals surface area contributed by atoms with Gasteiger partial charge >= 0.3 is 0 Å². The third-order valence-electron chi connectivity index (χ3n) is 1.04. The summed E-state index contributed by atoms with van der Waals surface area (Å²) in [4.78, 5) is 0. The van der Waals surface area contributed by atoms with Crippen molar-refractivity contribution in [2.45, 2.75) is 32.5 Å². The predicted octanol–water partition coefficient (Wildman–Crippen LogP) is 1.53. The molecule has 0 fully saturated rings.